The van der Waals surface area contributed by atoms with Gasteiger partial charge in [0.2, 0.25) is 0 Å². The lowest BCUT2D eigenvalue weighted by Gasteiger charge is -2.33. The number of rotatable bonds is 0. The van der Waals surface area contributed by atoms with Crippen LogP contribution in [0.2, 0.25) is 0 Å². The number of hydrogen-bond donors (Lipinski definition) is 1. The van der Waals surface area contributed by atoms with Crippen LogP contribution in [0.25, 0.3) is 0 Å². The molecule has 1 saturated heterocycles. The van der Waals surface area contributed by atoms with Gasteiger partial charge in [0, 0.05) is 12.5 Å². The molecule has 0 aromatic rings. The van der Waals surface area contributed by atoms with E-state index in [9.17, 15) is 8.78 Å². The summed E-state index contributed by atoms with van der Waals surface area (Å²) in [6.07, 6.45) is 0.490. The maximum atomic E-state index is 12.7. The van der Waals surface area contributed by atoms with Crippen LogP contribution in [-0.2, 0) is 0 Å². The highest BCUT2D eigenvalue weighted by molar-refractivity contribution is 4.81. The quantitative estimate of drug-likeness (QED) is 0.576. The highest BCUT2D eigenvalue weighted by Gasteiger charge is 2.40. The molecule has 0 radical (unpaired) electrons. The average Bonchev–Trinajstić information content (AvgIpc) is 2.01. The molecule has 0 saturated carbocycles. The molecule has 0 aromatic carbocycles. The summed E-state index contributed by atoms with van der Waals surface area (Å²) in [4.78, 5) is 0. The summed E-state index contributed by atoms with van der Waals surface area (Å²) < 4.78 is 25.5. The number of nitrogens with zero attached hydrogens (tertiary/aromatic N) is 1. The van der Waals surface area contributed by atoms with Crippen molar-refractivity contribution in [1.82, 2.24) is 5.01 Å². The lowest BCUT2D eigenvalue weighted by molar-refractivity contribution is -0.105. The Hall–Kier alpha value is -0.220. The molecular formula is C8H18F2N2. The van der Waals surface area contributed by atoms with E-state index >= 15 is 0 Å². The number of hydrogen-bond acceptors (Lipinski definition) is 2. The number of hydrazine groups is 1. The van der Waals surface area contributed by atoms with Crippen LogP contribution >= 0.6 is 0 Å². The molecule has 0 bridgehead atoms. The Bertz CT molecular complexity index is 128. The Kier molecular flexibility index (Phi) is 4.63. The van der Waals surface area contributed by atoms with Crippen LogP contribution in [-0.4, -0.2) is 24.0 Å². The summed E-state index contributed by atoms with van der Waals surface area (Å²) >= 11 is 0. The van der Waals surface area contributed by atoms with Crippen molar-refractivity contribution in [2.24, 2.45) is 11.8 Å². The third-order valence-corrected chi connectivity index (χ3v) is 1.98. The van der Waals surface area contributed by atoms with Crippen molar-refractivity contribution < 1.29 is 8.78 Å². The van der Waals surface area contributed by atoms with Gasteiger partial charge >= 0.3 is 0 Å². The fourth-order valence-electron chi connectivity index (χ4n) is 1.08. The summed E-state index contributed by atoms with van der Waals surface area (Å²) in [5.74, 6) is 2.11. The minimum Gasteiger partial charge on any atom is -0.269 e. The van der Waals surface area contributed by atoms with Gasteiger partial charge in [-0.15, -0.1) is 0 Å². The molecule has 1 rings (SSSR count). The van der Waals surface area contributed by atoms with Crippen LogP contribution in [0.1, 0.15) is 27.2 Å². The maximum absolute atomic E-state index is 12.7. The molecule has 4 heteroatoms. The third kappa shape index (κ3) is 3.03. The maximum Gasteiger partial charge on any atom is 0.264 e. The minimum absolute atomic E-state index is 0.297. The largest absolute Gasteiger partial charge is 0.269 e. The Morgan fingerprint density at radius 3 is 2.25 bits per heavy atom. The molecule has 1 aliphatic heterocycles. The van der Waals surface area contributed by atoms with Crippen molar-refractivity contribution in [2.45, 2.75) is 33.1 Å². The normalized spacial score (nSPS) is 29.0. The molecule has 12 heavy (non-hydrogen) atoms. The highest BCUT2D eigenvalue weighted by atomic mass is 19.3. The van der Waals surface area contributed by atoms with Gasteiger partial charge in [0.1, 0.15) is 0 Å². The van der Waals surface area contributed by atoms with Crippen molar-refractivity contribution >= 4 is 0 Å². The topological polar surface area (TPSA) is 29.3 Å². The van der Waals surface area contributed by atoms with Crippen molar-refractivity contribution in [3.05, 3.63) is 0 Å². The molecule has 2 nitrogen and oxygen atoms in total. The van der Waals surface area contributed by atoms with Crippen LogP contribution < -0.4 is 5.84 Å². The van der Waals surface area contributed by atoms with E-state index in [2.05, 4.69) is 0 Å². The minimum atomic E-state index is -2.59. The molecule has 0 amide bonds. The van der Waals surface area contributed by atoms with Gasteiger partial charge in [0.15, 0.2) is 0 Å². The van der Waals surface area contributed by atoms with E-state index in [1.807, 2.05) is 13.8 Å². The van der Waals surface area contributed by atoms with E-state index in [1.54, 1.807) is 6.92 Å². The Labute approximate surface area is 72.7 Å². The predicted octanol–water partition coefficient (Wildman–Crippen LogP) is 1.86. The van der Waals surface area contributed by atoms with E-state index in [-0.39, 0.29) is 6.54 Å². The van der Waals surface area contributed by atoms with Gasteiger partial charge in [-0.1, -0.05) is 20.8 Å². The van der Waals surface area contributed by atoms with E-state index in [4.69, 9.17) is 5.84 Å². The molecule has 0 aliphatic carbocycles. The molecular weight excluding hydrogens is 162 g/mol. The molecule has 74 valence electrons. The molecule has 0 spiro atoms. The van der Waals surface area contributed by atoms with Crippen molar-refractivity contribution in [2.75, 3.05) is 13.1 Å². The van der Waals surface area contributed by atoms with Crippen molar-refractivity contribution in [1.29, 1.82) is 0 Å². The first kappa shape index (κ1) is 11.8. The Morgan fingerprint density at radius 2 is 1.92 bits per heavy atom. The van der Waals surface area contributed by atoms with Gasteiger partial charge in [0.25, 0.3) is 5.92 Å². The zero-order valence-corrected chi connectivity index (χ0v) is 7.98. The second-order valence-corrected chi connectivity index (χ2v) is 2.92. The molecule has 1 fully saturated rings. The smallest absolute Gasteiger partial charge is 0.264 e. The van der Waals surface area contributed by atoms with E-state index in [1.165, 1.54) is 5.01 Å². The van der Waals surface area contributed by atoms with Crippen LogP contribution in [0.3, 0.4) is 0 Å². The second kappa shape index (κ2) is 4.72. The van der Waals surface area contributed by atoms with E-state index < -0.39 is 11.8 Å². The lowest BCUT2D eigenvalue weighted by atomic mass is 9.96. The Balaban J connectivity index is 0.000000561. The van der Waals surface area contributed by atoms with Crippen LogP contribution in [0, 0.1) is 5.92 Å². The fourth-order valence-corrected chi connectivity index (χ4v) is 1.08. The molecule has 0 aromatic heterocycles. The number of nitrogens with two attached hydrogens (primary N) is 1. The number of halogens is 2. The van der Waals surface area contributed by atoms with Crippen molar-refractivity contribution in [3.8, 4) is 0 Å². The van der Waals surface area contributed by atoms with Gasteiger partial charge in [0.05, 0.1) is 6.54 Å². The van der Waals surface area contributed by atoms with Gasteiger partial charge in [-0.3, -0.25) is 5.84 Å². The first-order valence-electron chi connectivity index (χ1n) is 4.40. The van der Waals surface area contributed by atoms with E-state index in [0.29, 0.717) is 13.0 Å². The second-order valence-electron chi connectivity index (χ2n) is 2.92. The summed E-state index contributed by atoms with van der Waals surface area (Å²) in [7, 11) is 0. The number of alkyl halides is 2. The van der Waals surface area contributed by atoms with E-state index in [0.717, 1.165) is 0 Å². The van der Waals surface area contributed by atoms with Crippen molar-refractivity contribution in [3.63, 3.8) is 0 Å². The first-order chi connectivity index (χ1) is 5.52. The summed E-state index contributed by atoms with van der Waals surface area (Å²) in [6, 6.07) is 0. The molecule has 1 heterocycles. The zero-order valence-electron chi connectivity index (χ0n) is 7.98. The molecule has 1 unspecified atom stereocenters. The van der Waals surface area contributed by atoms with Crippen LogP contribution in [0.5, 0.6) is 0 Å². The highest BCUT2D eigenvalue weighted by Crippen LogP contribution is 2.30. The summed E-state index contributed by atoms with van der Waals surface area (Å²) in [5, 5.41) is 1.18. The average molecular weight is 180 g/mol. The lowest BCUT2D eigenvalue weighted by Crippen LogP contribution is -2.50. The Morgan fingerprint density at radius 1 is 1.42 bits per heavy atom. The third-order valence-electron chi connectivity index (χ3n) is 1.98. The standard InChI is InChI=1S/C6H12F2N2.C2H6/c1-5-2-3-10(9)4-6(5,7)8;1-2/h5H,2-4,9H2,1H3;1-2H3. The summed E-state index contributed by atoms with van der Waals surface area (Å²) in [6.45, 7) is 5.85. The van der Waals surface area contributed by atoms with Gasteiger partial charge < -0.3 is 0 Å². The molecule has 1 atom stereocenters. The van der Waals surface area contributed by atoms with Gasteiger partial charge in [-0.05, 0) is 6.42 Å². The zero-order chi connectivity index (χ0) is 9.78. The van der Waals surface area contributed by atoms with Gasteiger partial charge in [-0.25, -0.2) is 13.8 Å². The first-order valence-corrected chi connectivity index (χ1v) is 4.40. The predicted molar refractivity (Wildman–Crippen MR) is 45.8 cm³/mol. The van der Waals surface area contributed by atoms with Crippen LogP contribution in [0.15, 0.2) is 0 Å². The molecule has 1 aliphatic rings. The monoisotopic (exact) mass is 180 g/mol. The number of piperidine rings is 1. The summed E-state index contributed by atoms with van der Waals surface area (Å²) in [5.41, 5.74) is 0. The SMILES string of the molecule is CC.CC1CCN(N)CC1(F)F. The van der Waals surface area contributed by atoms with Gasteiger partial charge in [-0.2, -0.15) is 0 Å². The molecule has 2 N–H and O–H groups in total. The van der Waals surface area contributed by atoms with Crippen LogP contribution in [0.4, 0.5) is 8.78 Å². The fraction of sp³-hybridized carbons (Fsp3) is 1.00.